The second-order valence-electron chi connectivity index (χ2n) is 6.83. The molecule has 1 atom stereocenters. The predicted molar refractivity (Wildman–Crippen MR) is 100 cm³/mol. The van der Waals surface area contributed by atoms with Crippen molar-refractivity contribution in [3.8, 4) is 11.6 Å². The van der Waals surface area contributed by atoms with Crippen molar-refractivity contribution in [1.82, 2.24) is 9.88 Å². The van der Waals surface area contributed by atoms with Gasteiger partial charge in [-0.25, -0.2) is 4.98 Å². The molecule has 0 bridgehead atoms. The second-order valence-corrected chi connectivity index (χ2v) is 6.83. The zero-order valence-corrected chi connectivity index (χ0v) is 15.5. The van der Waals surface area contributed by atoms with Crippen LogP contribution in [0.5, 0.6) is 11.6 Å². The van der Waals surface area contributed by atoms with E-state index < -0.39 is 0 Å². The lowest BCUT2D eigenvalue weighted by Crippen LogP contribution is -2.43. The molecule has 0 saturated carbocycles. The van der Waals surface area contributed by atoms with Crippen molar-refractivity contribution in [1.29, 1.82) is 0 Å². The first kappa shape index (κ1) is 18.2. The average molecular weight is 354 g/mol. The lowest BCUT2D eigenvalue weighted by molar-refractivity contribution is -0.135. The summed E-state index contributed by atoms with van der Waals surface area (Å²) in [5.74, 6) is 1.78. The Kier molecular flexibility index (Phi) is 6.10. The molecule has 1 fully saturated rings. The molecule has 0 radical (unpaired) electrons. The van der Waals surface area contributed by atoms with Gasteiger partial charge in [-0.2, -0.15) is 0 Å². The van der Waals surface area contributed by atoms with Gasteiger partial charge in [-0.05, 0) is 44.4 Å². The van der Waals surface area contributed by atoms with Crippen LogP contribution in [0.2, 0.25) is 0 Å². The van der Waals surface area contributed by atoms with E-state index in [4.69, 9.17) is 9.47 Å². The number of amides is 1. The fraction of sp³-hybridized carbons (Fsp3) is 0.429. The Morgan fingerprint density at radius 3 is 2.81 bits per heavy atom. The molecule has 1 aromatic heterocycles. The number of aromatic nitrogens is 1. The maximum absolute atomic E-state index is 12.5. The minimum Gasteiger partial charge on any atom is -0.484 e. The van der Waals surface area contributed by atoms with Gasteiger partial charge in [0.15, 0.2) is 6.61 Å². The molecule has 0 spiro atoms. The quantitative estimate of drug-likeness (QED) is 0.798. The third-order valence-electron chi connectivity index (χ3n) is 4.65. The normalized spacial score (nSPS) is 17.0. The maximum Gasteiger partial charge on any atom is 0.260 e. The number of ether oxygens (including phenoxy) is 2. The number of nitrogens with zero attached hydrogens (tertiary/aromatic N) is 2. The van der Waals surface area contributed by atoms with Crippen molar-refractivity contribution >= 4 is 5.91 Å². The Morgan fingerprint density at radius 2 is 2.00 bits per heavy atom. The number of benzene rings is 1. The largest absolute Gasteiger partial charge is 0.484 e. The van der Waals surface area contributed by atoms with Gasteiger partial charge >= 0.3 is 0 Å². The fourth-order valence-corrected chi connectivity index (χ4v) is 3.18. The van der Waals surface area contributed by atoms with E-state index in [-0.39, 0.29) is 12.5 Å². The van der Waals surface area contributed by atoms with Crippen LogP contribution in [0.4, 0.5) is 0 Å². The van der Waals surface area contributed by atoms with Crippen LogP contribution in [0.15, 0.2) is 42.5 Å². The van der Waals surface area contributed by atoms with Gasteiger partial charge in [0.2, 0.25) is 5.88 Å². The third-order valence-corrected chi connectivity index (χ3v) is 4.65. The van der Waals surface area contributed by atoms with Gasteiger partial charge in [-0.15, -0.1) is 0 Å². The first-order valence-electron chi connectivity index (χ1n) is 9.14. The van der Waals surface area contributed by atoms with Gasteiger partial charge in [0.25, 0.3) is 5.91 Å². The molecule has 1 saturated heterocycles. The molecule has 1 aliphatic rings. The van der Waals surface area contributed by atoms with E-state index in [1.165, 1.54) is 0 Å². The van der Waals surface area contributed by atoms with Crippen molar-refractivity contribution in [2.45, 2.75) is 26.7 Å². The Morgan fingerprint density at radius 1 is 1.15 bits per heavy atom. The highest BCUT2D eigenvalue weighted by Gasteiger charge is 2.24. The molecule has 2 heterocycles. The standard InChI is InChI=1S/C21H26N2O3/c1-16-7-3-4-10-19(16)25-15-21(24)23-12-6-9-18(13-23)14-26-20-11-5-8-17(2)22-20/h3-5,7-8,10-11,18H,6,9,12-15H2,1-2H3. The predicted octanol–water partition coefficient (Wildman–Crippen LogP) is 3.39. The van der Waals surface area contributed by atoms with Crippen LogP contribution in [-0.4, -0.2) is 42.1 Å². The fourth-order valence-electron chi connectivity index (χ4n) is 3.18. The van der Waals surface area contributed by atoms with Crippen molar-refractivity contribution in [3.05, 3.63) is 53.7 Å². The molecule has 1 amide bonds. The number of rotatable bonds is 6. The molecule has 1 aliphatic heterocycles. The van der Waals surface area contributed by atoms with Gasteiger partial charge in [-0.3, -0.25) is 4.79 Å². The summed E-state index contributed by atoms with van der Waals surface area (Å²) in [7, 11) is 0. The molecule has 0 aliphatic carbocycles. The van der Waals surface area contributed by atoms with Gasteiger partial charge < -0.3 is 14.4 Å². The highest BCUT2D eigenvalue weighted by Crippen LogP contribution is 2.20. The molecule has 0 N–H and O–H groups in total. The molecular weight excluding hydrogens is 328 g/mol. The van der Waals surface area contributed by atoms with Gasteiger partial charge in [0.1, 0.15) is 5.75 Å². The number of likely N-dealkylation sites (tertiary alicyclic amines) is 1. The van der Waals surface area contributed by atoms with E-state index >= 15 is 0 Å². The molecule has 1 unspecified atom stereocenters. The van der Waals surface area contributed by atoms with Crippen LogP contribution in [0.3, 0.4) is 0 Å². The maximum atomic E-state index is 12.5. The summed E-state index contributed by atoms with van der Waals surface area (Å²) in [5, 5.41) is 0. The van der Waals surface area contributed by atoms with Gasteiger partial charge in [0.05, 0.1) is 6.61 Å². The zero-order chi connectivity index (χ0) is 18.4. The number of carbonyl (C=O) groups is 1. The summed E-state index contributed by atoms with van der Waals surface area (Å²) < 4.78 is 11.5. The van der Waals surface area contributed by atoms with Crippen molar-refractivity contribution < 1.29 is 14.3 Å². The number of hydrogen-bond acceptors (Lipinski definition) is 4. The van der Waals surface area contributed by atoms with Crippen molar-refractivity contribution in [2.75, 3.05) is 26.3 Å². The van der Waals surface area contributed by atoms with E-state index in [9.17, 15) is 4.79 Å². The smallest absolute Gasteiger partial charge is 0.260 e. The SMILES string of the molecule is Cc1cccc(OCC2CCCN(C(=O)COc3ccccc3C)C2)n1. The number of piperidine rings is 1. The van der Waals surface area contributed by atoms with E-state index in [1.807, 2.05) is 61.2 Å². The molecule has 1 aromatic carbocycles. The minimum atomic E-state index is 0.0339. The first-order chi connectivity index (χ1) is 12.6. The summed E-state index contributed by atoms with van der Waals surface area (Å²) in [6.45, 7) is 6.09. The summed E-state index contributed by atoms with van der Waals surface area (Å²) >= 11 is 0. The first-order valence-corrected chi connectivity index (χ1v) is 9.14. The van der Waals surface area contributed by atoms with Crippen LogP contribution in [-0.2, 0) is 4.79 Å². The van der Waals surface area contributed by atoms with Crippen LogP contribution in [0.25, 0.3) is 0 Å². The highest BCUT2D eigenvalue weighted by molar-refractivity contribution is 5.77. The molecule has 5 heteroatoms. The highest BCUT2D eigenvalue weighted by atomic mass is 16.5. The Balaban J connectivity index is 1.48. The summed E-state index contributed by atoms with van der Waals surface area (Å²) in [5.41, 5.74) is 1.98. The van der Waals surface area contributed by atoms with E-state index in [2.05, 4.69) is 4.98 Å². The Hall–Kier alpha value is -2.56. The van der Waals surface area contributed by atoms with Crippen LogP contribution in [0, 0.1) is 19.8 Å². The van der Waals surface area contributed by atoms with Crippen LogP contribution >= 0.6 is 0 Å². The molecule has 26 heavy (non-hydrogen) atoms. The Bertz CT molecular complexity index is 748. The number of pyridine rings is 1. The second kappa shape index (κ2) is 8.70. The molecule has 2 aromatic rings. The van der Waals surface area contributed by atoms with Gasteiger partial charge in [0, 0.05) is 30.8 Å². The number of hydrogen-bond donors (Lipinski definition) is 0. The van der Waals surface area contributed by atoms with Crippen LogP contribution < -0.4 is 9.47 Å². The number of para-hydroxylation sites is 1. The topological polar surface area (TPSA) is 51.7 Å². The van der Waals surface area contributed by atoms with E-state index in [0.29, 0.717) is 24.9 Å². The Labute approximate surface area is 155 Å². The molecule has 5 nitrogen and oxygen atoms in total. The average Bonchev–Trinajstić information content (AvgIpc) is 2.66. The zero-order valence-electron chi connectivity index (χ0n) is 15.5. The third kappa shape index (κ3) is 4.97. The van der Waals surface area contributed by atoms with Gasteiger partial charge in [-0.1, -0.05) is 24.3 Å². The summed E-state index contributed by atoms with van der Waals surface area (Å²) in [6, 6.07) is 13.5. The monoisotopic (exact) mass is 354 g/mol. The molecule has 138 valence electrons. The van der Waals surface area contributed by atoms with Crippen molar-refractivity contribution in [2.24, 2.45) is 5.92 Å². The van der Waals surface area contributed by atoms with Crippen molar-refractivity contribution in [3.63, 3.8) is 0 Å². The summed E-state index contributed by atoms with van der Waals surface area (Å²) in [4.78, 5) is 18.7. The molecule has 3 rings (SSSR count). The lowest BCUT2D eigenvalue weighted by atomic mass is 9.99. The number of carbonyl (C=O) groups excluding carboxylic acids is 1. The molecular formula is C21H26N2O3. The lowest BCUT2D eigenvalue weighted by Gasteiger charge is -2.32. The number of aryl methyl sites for hydroxylation is 2. The summed E-state index contributed by atoms with van der Waals surface area (Å²) in [6.07, 6.45) is 2.06. The van der Waals surface area contributed by atoms with E-state index in [1.54, 1.807) is 0 Å². The van der Waals surface area contributed by atoms with Crippen LogP contribution in [0.1, 0.15) is 24.1 Å². The minimum absolute atomic E-state index is 0.0339. The van der Waals surface area contributed by atoms with E-state index in [0.717, 1.165) is 36.4 Å².